The first-order valence-electron chi connectivity index (χ1n) is 8.00. The van der Waals surface area contributed by atoms with Gasteiger partial charge in [-0.1, -0.05) is 67.4 Å². The summed E-state index contributed by atoms with van der Waals surface area (Å²) < 4.78 is 0. The first-order valence-corrected chi connectivity index (χ1v) is 8.00. The van der Waals surface area contributed by atoms with Crippen LogP contribution in [0.5, 0.6) is 0 Å². The van der Waals surface area contributed by atoms with Crippen molar-refractivity contribution in [1.29, 1.82) is 0 Å². The molecule has 0 bridgehead atoms. The normalized spacial score (nSPS) is 12.4. The van der Waals surface area contributed by atoms with Crippen molar-refractivity contribution in [1.82, 2.24) is 5.32 Å². The molecular formula is C20H25NO2. The van der Waals surface area contributed by atoms with E-state index in [2.05, 4.69) is 61.6 Å². The van der Waals surface area contributed by atoms with E-state index in [1.807, 2.05) is 13.8 Å². The second-order valence-corrected chi connectivity index (χ2v) is 6.51. The van der Waals surface area contributed by atoms with Crippen molar-refractivity contribution in [2.24, 2.45) is 5.92 Å². The molecule has 3 heteroatoms. The number of carbonyl (C=O) groups is 1. The lowest BCUT2D eigenvalue weighted by Gasteiger charge is -2.18. The van der Waals surface area contributed by atoms with Crippen molar-refractivity contribution in [3.05, 3.63) is 59.2 Å². The number of benzene rings is 2. The van der Waals surface area contributed by atoms with Gasteiger partial charge in [0, 0.05) is 6.54 Å². The molecule has 0 aliphatic carbocycles. The van der Waals surface area contributed by atoms with Gasteiger partial charge in [-0.25, -0.2) is 0 Å². The maximum absolute atomic E-state index is 11.2. The van der Waals surface area contributed by atoms with E-state index in [-0.39, 0.29) is 5.92 Å². The van der Waals surface area contributed by atoms with Crippen molar-refractivity contribution in [2.75, 3.05) is 0 Å². The number of aryl methyl sites for hydroxylation is 2. The summed E-state index contributed by atoms with van der Waals surface area (Å²) in [5.74, 6) is -0.742. The fourth-order valence-corrected chi connectivity index (χ4v) is 2.79. The van der Waals surface area contributed by atoms with Gasteiger partial charge in [0.15, 0.2) is 0 Å². The van der Waals surface area contributed by atoms with E-state index in [9.17, 15) is 9.90 Å². The summed E-state index contributed by atoms with van der Waals surface area (Å²) >= 11 is 0. The maximum Gasteiger partial charge on any atom is 0.320 e. The maximum atomic E-state index is 11.2. The Balaban J connectivity index is 2.09. The Morgan fingerprint density at radius 1 is 1.00 bits per heavy atom. The molecule has 0 unspecified atom stereocenters. The monoisotopic (exact) mass is 311 g/mol. The summed E-state index contributed by atoms with van der Waals surface area (Å²) in [6.45, 7) is 8.59. The fraction of sp³-hybridized carbons (Fsp3) is 0.350. The molecular weight excluding hydrogens is 286 g/mol. The quantitative estimate of drug-likeness (QED) is 0.842. The molecule has 0 spiro atoms. The number of carboxylic acids is 1. The second-order valence-electron chi connectivity index (χ2n) is 6.51. The van der Waals surface area contributed by atoms with Crippen molar-refractivity contribution >= 4 is 5.97 Å². The Morgan fingerprint density at radius 3 is 2.04 bits per heavy atom. The standard InChI is InChI=1S/C20H25NO2/c1-13(2)19(20(22)23)21-12-16-5-7-17(8-6-16)18-10-14(3)9-15(4)11-18/h5-11,13,19,21H,12H2,1-4H3,(H,22,23)/t19-/m0/s1. The largest absolute Gasteiger partial charge is 0.480 e. The predicted molar refractivity (Wildman–Crippen MR) is 94.5 cm³/mol. The molecule has 0 amide bonds. The number of carboxylic acid groups (broad SMARTS) is 1. The SMILES string of the molecule is Cc1cc(C)cc(-c2ccc(CN[C@H](C(=O)O)C(C)C)cc2)c1. The minimum Gasteiger partial charge on any atom is -0.480 e. The molecule has 0 saturated carbocycles. The van der Waals surface area contributed by atoms with Gasteiger partial charge in [0.25, 0.3) is 0 Å². The first kappa shape index (κ1) is 17.2. The van der Waals surface area contributed by atoms with Gasteiger partial charge in [0.1, 0.15) is 6.04 Å². The molecule has 0 saturated heterocycles. The van der Waals surface area contributed by atoms with E-state index >= 15 is 0 Å². The van der Waals surface area contributed by atoms with Gasteiger partial charge in [-0.3, -0.25) is 4.79 Å². The summed E-state index contributed by atoms with van der Waals surface area (Å²) in [4.78, 5) is 11.2. The van der Waals surface area contributed by atoms with Gasteiger partial charge in [-0.15, -0.1) is 0 Å². The van der Waals surface area contributed by atoms with E-state index in [1.165, 1.54) is 22.3 Å². The van der Waals surface area contributed by atoms with Crippen LogP contribution >= 0.6 is 0 Å². The molecule has 2 N–H and O–H groups in total. The van der Waals surface area contributed by atoms with Crippen LogP contribution in [0.15, 0.2) is 42.5 Å². The lowest BCUT2D eigenvalue weighted by Crippen LogP contribution is -2.40. The summed E-state index contributed by atoms with van der Waals surface area (Å²) in [6, 6.07) is 14.3. The van der Waals surface area contributed by atoms with Gasteiger partial charge < -0.3 is 10.4 Å². The summed E-state index contributed by atoms with van der Waals surface area (Å²) in [5.41, 5.74) is 6.00. The average molecular weight is 311 g/mol. The molecule has 0 aliphatic rings. The number of nitrogens with one attached hydrogen (secondary N) is 1. The molecule has 2 aromatic carbocycles. The number of hydrogen-bond acceptors (Lipinski definition) is 2. The second kappa shape index (κ2) is 7.42. The Bertz CT molecular complexity index is 654. The molecule has 2 aromatic rings. The third kappa shape index (κ3) is 4.67. The molecule has 0 radical (unpaired) electrons. The molecule has 0 heterocycles. The van der Waals surface area contributed by atoms with Crippen molar-refractivity contribution in [2.45, 2.75) is 40.3 Å². The zero-order valence-electron chi connectivity index (χ0n) is 14.3. The van der Waals surface area contributed by atoms with E-state index in [0.717, 1.165) is 5.56 Å². The predicted octanol–water partition coefficient (Wildman–Crippen LogP) is 4.17. The highest BCUT2D eigenvalue weighted by atomic mass is 16.4. The highest BCUT2D eigenvalue weighted by Crippen LogP contribution is 2.22. The zero-order chi connectivity index (χ0) is 17.0. The van der Waals surface area contributed by atoms with Gasteiger partial charge in [0.05, 0.1) is 0 Å². The Kier molecular flexibility index (Phi) is 5.56. The van der Waals surface area contributed by atoms with Crippen LogP contribution in [0.4, 0.5) is 0 Å². The third-order valence-corrected chi connectivity index (χ3v) is 3.97. The van der Waals surface area contributed by atoms with Gasteiger partial charge in [-0.2, -0.15) is 0 Å². The molecule has 0 fully saturated rings. The minimum absolute atomic E-state index is 0.0574. The number of rotatable bonds is 6. The molecule has 0 aliphatic heterocycles. The topological polar surface area (TPSA) is 49.3 Å². The molecule has 3 nitrogen and oxygen atoms in total. The third-order valence-electron chi connectivity index (χ3n) is 3.97. The molecule has 23 heavy (non-hydrogen) atoms. The van der Waals surface area contributed by atoms with Gasteiger partial charge >= 0.3 is 5.97 Å². The molecule has 122 valence electrons. The smallest absolute Gasteiger partial charge is 0.320 e. The van der Waals surface area contributed by atoms with E-state index in [0.29, 0.717) is 6.54 Å². The van der Waals surface area contributed by atoms with Crippen LogP contribution < -0.4 is 5.32 Å². The minimum atomic E-state index is -0.799. The Morgan fingerprint density at radius 2 is 1.57 bits per heavy atom. The van der Waals surface area contributed by atoms with E-state index < -0.39 is 12.0 Å². The van der Waals surface area contributed by atoms with Crippen LogP contribution in [0.3, 0.4) is 0 Å². The van der Waals surface area contributed by atoms with Crippen molar-refractivity contribution in [3.63, 3.8) is 0 Å². The summed E-state index contributed by atoms with van der Waals surface area (Å²) in [6.07, 6.45) is 0. The first-order chi connectivity index (χ1) is 10.9. The highest BCUT2D eigenvalue weighted by molar-refractivity contribution is 5.73. The highest BCUT2D eigenvalue weighted by Gasteiger charge is 2.20. The Hall–Kier alpha value is -2.13. The Labute approximate surface area is 138 Å². The van der Waals surface area contributed by atoms with Crippen molar-refractivity contribution in [3.8, 4) is 11.1 Å². The summed E-state index contributed by atoms with van der Waals surface area (Å²) in [7, 11) is 0. The van der Waals surface area contributed by atoms with Crippen LogP contribution in [0.2, 0.25) is 0 Å². The average Bonchev–Trinajstić information content (AvgIpc) is 2.46. The molecule has 1 atom stereocenters. The van der Waals surface area contributed by atoms with Crippen LogP contribution in [-0.2, 0) is 11.3 Å². The summed E-state index contributed by atoms with van der Waals surface area (Å²) in [5, 5.41) is 12.3. The molecule has 2 rings (SSSR count). The lowest BCUT2D eigenvalue weighted by atomic mass is 9.99. The van der Waals surface area contributed by atoms with Crippen LogP contribution in [0, 0.1) is 19.8 Å². The van der Waals surface area contributed by atoms with Crippen LogP contribution in [0.1, 0.15) is 30.5 Å². The van der Waals surface area contributed by atoms with Gasteiger partial charge in [0.2, 0.25) is 0 Å². The lowest BCUT2D eigenvalue weighted by molar-refractivity contribution is -0.140. The fourth-order valence-electron chi connectivity index (χ4n) is 2.79. The van der Waals surface area contributed by atoms with Gasteiger partial charge in [-0.05, 0) is 36.5 Å². The van der Waals surface area contributed by atoms with Crippen LogP contribution in [0.25, 0.3) is 11.1 Å². The zero-order valence-corrected chi connectivity index (χ0v) is 14.3. The van der Waals surface area contributed by atoms with E-state index in [4.69, 9.17) is 0 Å². The van der Waals surface area contributed by atoms with E-state index in [1.54, 1.807) is 0 Å². The molecule has 0 aromatic heterocycles. The van der Waals surface area contributed by atoms with Crippen molar-refractivity contribution < 1.29 is 9.90 Å². The number of aliphatic carboxylic acids is 1. The van der Waals surface area contributed by atoms with Crippen LogP contribution in [-0.4, -0.2) is 17.1 Å². The number of hydrogen-bond donors (Lipinski definition) is 2.